The lowest BCUT2D eigenvalue weighted by atomic mass is 9.84. The minimum Gasteiger partial charge on any atom is -0.480 e. The minimum atomic E-state index is -1.11. The number of aromatic nitrogens is 2. The number of nitrogens with two attached hydrogens (primary N) is 1. The third kappa shape index (κ3) is 7.95. The number of unbranched alkanes of at least 4 members (excludes halogenated alkanes) is 1. The molecule has 1 saturated carbocycles. The second kappa shape index (κ2) is 13.1. The zero-order valence-corrected chi connectivity index (χ0v) is 20.4. The summed E-state index contributed by atoms with van der Waals surface area (Å²) in [7, 11) is 0. The molecular weight excluding hydrogens is 448 g/mol. The molecule has 1 fully saturated rings. The fourth-order valence-electron chi connectivity index (χ4n) is 4.66. The second-order valence-electron chi connectivity index (χ2n) is 9.45. The van der Waals surface area contributed by atoms with Crippen LogP contribution in [-0.2, 0) is 9.59 Å². The van der Waals surface area contributed by atoms with Gasteiger partial charge in [0, 0.05) is 0 Å². The number of carboxylic acids is 1. The highest BCUT2D eigenvalue weighted by Crippen LogP contribution is 2.27. The molecule has 10 nitrogen and oxygen atoms in total. The van der Waals surface area contributed by atoms with E-state index < -0.39 is 30.1 Å². The summed E-state index contributed by atoms with van der Waals surface area (Å²) in [5, 5.41) is 17.7. The molecule has 0 spiro atoms. The number of rotatable bonds is 12. The summed E-state index contributed by atoms with van der Waals surface area (Å²) in [5.74, 6) is -0.454. The molecule has 3 amide bonds. The van der Waals surface area contributed by atoms with Gasteiger partial charge >= 0.3 is 12.0 Å². The minimum absolute atomic E-state index is 0.280. The van der Waals surface area contributed by atoms with E-state index in [1.54, 1.807) is 0 Å². The van der Waals surface area contributed by atoms with Crippen molar-refractivity contribution in [3.8, 4) is 0 Å². The second-order valence-corrected chi connectivity index (χ2v) is 9.45. The Kier molecular flexibility index (Phi) is 9.89. The Morgan fingerprint density at radius 1 is 1.09 bits per heavy atom. The number of nitrogens with zero attached hydrogens (tertiary/aromatic N) is 1. The maximum Gasteiger partial charge on any atom is 0.326 e. The Balaban J connectivity index is 1.65. The number of para-hydroxylation sites is 2. The number of hydrogen-bond donors (Lipinski definition) is 6. The van der Waals surface area contributed by atoms with Crippen LogP contribution in [0.4, 0.5) is 4.79 Å². The van der Waals surface area contributed by atoms with E-state index in [1.807, 2.05) is 31.2 Å². The Hall–Kier alpha value is -3.14. The molecule has 1 aromatic heterocycles. The number of H-pyrrole nitrogens is 1. The molecule has 0 aliphatic heterocycles. The van der Waals surface area contributed by atoms with Crippen molar-refractivity contribution in [3.63, 3.8) is 0 Å². The summed E-state index contributed by atoms with van der Waals surface area (Å²) in [6, 6.07) is 4.78. The first-order valence-corrected chi connectivity index (χ1v) is 12.6. The van der Waals surface area contributed by atoms with Gasteiger partial charge in [-0.05, 0) is 57.2 Å². The molecule has 10 heteroatoms. The Morgan fingerprint density at radius 2 is 1.80 bits per heavy atom. The van der Waals surface area contributed by atoms with Crippen molar-refractivity contribution < 1.29 is 19.5 Å². The normalized spacial score (nSPS) is 16.9. The number of fused-ring (bicyclic) bond motifs is 1. The molecule has 0 saturated heterocycles. The van der Waals surface area contributed by atoms with Gasteiger partial charge in [-0.15, -0.1) is 0 Å². The monoisotopic (exact) mass is 486 g/mol. The highest BCUT2D eigenvalue weighted by atomic mass is 16.4. The predicted octanol–water partition coefficient (Wildman–Crippen LogP) is 2.96. The van der Waals surface area contributed by atoms with Crippen LogP contribution in [0, 0.1) is 5.92 Å². The lowest BCUT2D eigenvalue weighted by Crippen LogP contribution is -2.54. The highest BCUT2D eigenvalue weighted by Gasteiger charge is 2.29. The van der Waals surface area contributed by atoms with Crippen molar-refractivity contribution in [2.75, 3.05) is 6.54 Å². The number of hydrogen-bond acceptors (Lipinski definition) is 5. The molecule has 35 heavy (non-hydrogen) atoms. The van der Waals surface area contributed by atoms with E-state index in [4.69, 9.17) is 5.73 Å². The van der Waals surface area contributed by atoms with E-state index in [0.717, 1.165) is 36.7 Å². The number of aliphatic carboxylic acids is 1. The van der Waals surface area contributed by atoms with E-state index in [-0.39, 0.29) is 12.3 Å². The SMILES string of the molecule is CC(NC(=O)[C@@H](CC1CCCCC1)NC(=O)NC(CCCCN)C(=O)O)c1nc2ccccc2[nH]1. The molecule has 192 valence electrons. The van der Waals surface area contributed by atoms with E-state index in [1.165, 1.54) is 6.42 Å². The first kappa shape index (κ1) is 26.5. The summed E-state index contributed by atoms with van der Waals surface area (Å²) in [6.07, 6.45) is 7.51. The van der Waals surface area contributed by atoms with Gasteiger partial charge in [-0.3, -0.25) is 4.79 Å². The van der Waals surface area contributed by atoms with Gasteiger partial charge in [0.05, 0.1) is 17.1 Å². The molecule has 2 aromatic rings. The standard InChI is InChI=1S/C25H38N6O4/c1-16(22-28-18-11-5-6-12-19(18)29-22)27-23(32)21(15-17-9-3-2-4-10-17)31-25(35)30-20(24(33)34)13-7-8-14-26/h5-6,11-12,16-17,20-21H,2-4,7-10,13-15,26H2,1H3,(H,27,32)(H,28,29)(H,33,34)(H2,30,31,35)/t16?,20?,21-/m1/s1. The zero-order valence-electron chi connectivity index (χ0n) is 20.4. The maximum absolute atomic E-state index is 13.3. The van der Waals surface area contributed by atoms with E-state index in [0.29, 0.717) is 37.5 Å². The molecule has 1 aromatic carbocycles. The molecule has 1 heterocycles. The van der Waals surface area contributed by atoms with Crippen LogP contribution in [0.25, 0.3) is 11.0 Å². The van der Waals surface area contributed by atoms with E-state index in [2.05, 4.69) is 25.9 Å². The molecule has 3 atom stereocenters. The van der Waals surface area contributed by atoms with Gasteiger partial charge in [0.25, 0.3) is 0 Å². The van der Waals surface area contributed by atoms with Gasteiger partial charge in [0.2, 0.25) is 5.91 Å². The van der Waals surface area contributed by atoms with Crippen molar-refractivity contribution in [2.24, 2.45) is 11.7 Å². The number of carbonyl (C=O) groups is 3. The van der Waals surface area contributed by atoms with Crippen molar-refractivity contribution in [1.29, 1.82) is 0 Å². The number of amides is 3. The Morgan fingerprint density at radius 3 is 2.49 bits per heavy atom. The van der Waals surface area contributed by atoms with Crippen molar-refractivity contribution in [2.45, 2.75) is 82.8 Å². The number of carbonyl (C=O) groups excluding carboxylic acids is 2. The van der Waals surface area contributed by atoms with Gasteiger partial charge in [-0.1, -0.05) is 44.2 Å². The predicted molar refractivity (Wildman–Crippen MR) is 134 cm³/mol. The zero-order chi connectivity index (χ0) is 25.2. The van der Waals surface area contributed by atoms with Crippen molar-refractivity contribution >= 4 is 28.9 Å². The van der Waals surface area contributed by atoms with Gasteiger partial charge in [0.1, 0.15) is 17.9 Å². The summed E-state index contributed by atoms with van der Waals surface area (Å²) in [4.78, 5) is 45.3. The van der Waals surface area contributed by atoms with Crippen LogP contribution >= 0.6 is 0 Å². The lowest BCUT2D eigenvalue weighted by Gasteiger charge is -2.28. The van der Waals surface area contributed by atoms with Crippen LogP contribution in [0.3, 0.4) is 0 Å². The lowest BCUT2D eigenvalue weighted by molar-refractivity contribution is -0.139. The quantitative estimate of drug-likeness (QED) is 0.253. The number of aromatic amines is 1. The van der Waals surface area contributed by atoms with Crippen LogP contribution in [-0.4, -0.2) is 51.6 Å². The highest BCUT2D eigenvalue weighted by molar-refractivity contribution is 5.89. The van der Waals surface area contributed by atoms with Crippen molar-refractivity contribution in [3.05, 3.63) is 30.1 Å². The number of nitrogens with one attached hydrogen (secondary N) is 4. The molecule has 3 rings (SSSR count). The maximum atomic E-state index is 13.3. The largest absolute Gasteiger partial charge is 0.480 e. The number of carboxylic acid groups (broad SMARTS) is 1. The van der Waals surface area contributed by atoms with Gasteiger partial charge in [-0.25, -0.2) is 14.6 Å². The fraction of sp³-hybridized carbons (Fsp3) is 0.600. The third-order valence-corrected chi connectivity index (χ3v) is 6.64. The van der Waals surface area contributed by atoms with Crippen molar-refractivity contribution in [1.82, 2.24) is 25.9 Å². The topological polar surface area (TPSA) is 162 Å². The molecule has 0 bridgehead atoms. The molecule has 0 radical (unpaired) electrons. The van der Waals surface area contributed by atoms with Crippen LogP contribution in [0.1, 0.15) is 76.6 Å². The summed E-state index contributed by atoms with van der Waals surface area (Å²) in [6.45, 7) is 2.30. The summed E-state index contributed by atoms with van der Waals surface area (Å²) >= 11 is 0. The van der Waals surface area contributed by atoms with Gasteiger partial charge in [0.15, 0.2) is 0 Å². The van der Waals surface area contributed by atoms with E-state index in [9.17, 15) is 19.5 Å². The summed E-state index contributed by atoms with van der Waals surface area (Å²) in [5.41, 5.74) is 7.18. The molecule has 1 aliphatic carbocycles. The molecule has 1 aliphatic rings. The van der Waals surface area contributed by atoms with Crippen LogP contribution in [0.2, 0.25) is 0 Å². The molecule has 2 unspecified atom stereocenters. The third-order valence-electron chi connectivity index (χ3n) is 6.64. The first-order valence-electron chi connectivity index (χ1n) is 12.6. The average molecular weight is 487 g/mol. The number of urea groups is 1. The average Bonchev–Trinajstić information content (AvgIpc) is 3.28. The van der Waals surface area contributed by atoms with Gasteiger partial charge in [-0.2, -0.15) is 0 Å². The van der Waals surface area contributed by atoms with Gasteiger partial charge < -0.3 is 31.8 Å². The van der Waals surface area contributed by atoms with Crippen LogP contribution in [0.15, 0.2) is 24.3 Å². The Bertz CT molecular complexity index is 954. The molecule has 7 N–H and O–H groups in total. The fourth-order valence-corrected chi connectivity index (χ4v) is 4.66. The van der Waals surface area contributed by atoms with E-state index >= 15 is 0 Å². The molecular formula is C25H38N6O4. The van der Waals surface area contributed by atoms with Crippen LogP contribution in [0.5, 0.6) is 0 Å². The summed E-state index contributed by atoms with van der Waals surface area (Å²) < 4.78 is 0. The smallest absolute Gasteiger partial charge is 0.326 e. The number of benzene rings is 1. The first-order chi connectivity index (χ1) is 16.9. The number of imidazole rings is 1. The Labute approximate surface area is 205 Å². The van der Waals surface area contributed by atoms with Crippen LogP contribution < -0.4 is 21.7 Å².